The topological polar surface area (TPSA) is 102 Å². The molecule has 1 heterocycles. The van der Waals surface area contributed by atoms with Gasteiger partial charge < -0.3 is 14.8 Å². The van der Waals surface area contributed by atoms with Gasteiger partial charge in [-0.15, -0.1) is 0 Å². The number of amides is 1. The molecule has 0 unspecified atom stereocenters. The van der Waals surface area contributed by atoms with Crippen molar-refractivity contribution in [2.75, 3.05) is 24.4 Å². The van der Waals surface area contributed by atoms with Gasteiger partial charge in [0.2, 0.25) is 0 Å². The minimum Gasteiger partial charge on any atom is -0.462 e. The Morgan fingerprint density at radius 3 is 2.40 bits per heavy atom. The predicted octanol–water partition coefficient (Wildman–Crippen LogP) is 3.14. The van der Waals surface area contributed by atoms with Gasteiger partial charge in [-0.1, -0.05) is 6.92 Å². The zero-order valence-electron chi connectivity index (χ0n) is 14.3. The van der Waals surface area contributed by atoms with Crippen LogP contribution in [-0.4, -0.2) is 35.7 Å². The van der Waals surface area contributed by atoms with Crippen molar-refractivity contribution in [2.24, 2.45) is 0 Å². The maximum Gasteiger partial charge on any atom is 0.411 e. The van der Waals surface area contributed by atoms with Crippen molar-refractivity contribution >= 4 is 29.3 Å². The summed E-state index contributed by atoms with van der Waals surface area (Å²) in [5, 5.41) is 5.64. The van der Waals surface area contributed by atoms with Gasteiger partial charge in [-0.3, -0.25) is 5.32 Å². The van der Waals surface area contributed by atoms with Crippen LogP contribution in [-0.2, 0) is 15.9 Å². The summed E-state index contributed by atoms with van der Waals surface area (Å²) in [7, 11) is 1.29. The van der Waals surface area contributed by atoms with Gasteiger partial charge in [0.15, 0.2) is 0 Å². The lowest BCUT2D eigenvalue weighted by molar-refractivity contribution is 0.0526. The van der Waals surface area contributed by atoms with Gasteiger partial charge in [0.25, 0.3) is 0 Å². The third kappa shape index (κ3) is 4.90. The first-order chi connectivity index (χ1) is 12.1. The molecule has 0 spiro atoms. The molecule has 1 aromatic carbocycles. The maximum atomic E-state index is 12.1. The van der Waals surface area contributed by atoms with Crippen LogP contribution in [0.2, 0.25) is 0 Å². The van der Waals surface area contributed by atoms with Crippen molar-refractivity contribution in [2.45, 2.75) is 20.3 Å². The molecular weight excluding hydrogens is 324 g/mol. The molecule has 0 aliphatic rings. The molecule has 132 valence electrons. The third-order valence-electron chi connectivity index (χ3n) is 3.23. The summed E-state index contributed by atoms with van der Waals surface area (Å²) < 4.78 is 9.57. The molecule has 0 saturated carbocycles. The first kappa shape index (κ1) is 18.2. The summed E-state index contributed by atoms with van der Waals surface area (Å²) in [4.78, 5) is 31.8. The van der Waals surface area contributed by atoms with E-state index in [2.05, 4.69) is 25.3 Å². The fourth-order valence-corrected chi connectivity index (χ4v) is 1.98. The maximum absolute atomic E-state index is 12.1. The average Bonchev–Trinajstić information content (AvgIpc) is 2.63. The molecule has 0 bridgehead atoms. The largest absolute Gasteiger partial charge is 0.462 e. The van der Waals surface area contributed by atoms with Crippen LogP contribution in [0.3, 0.4) is 0 Å². The summed E-state index contributed by atoms with van der Waals surface area (Å²) in [6.07, 6.45) is 1.55. The second-order valence-corrected chi connectivity index (χ2v) is 4.94. The molecule has 0 radical (unpaired) electrons. The monoisotopic (exact) mass is 344 g/mol. The summed E-state index contributed by atoms with van der Waals surface area (Å²) >= 11 is 0. The van der Waals surface area contributed by atoms with Gasteiger partial charge in [0, 0.05) is 24.0 Å². The van der Waals surface area contributed by atoms with Crippen molar-refractivity contribution in [3.05, 3.63) is 41.9 Å². The summed E-state index contributed by atoms with van der Waals surface area (Å²) in [5.41, 5.74) is 1.54. The Hall–Kier alpha value is -3.16. The van der Waals surface area contributed by atoms with Gasteiger partial charge in [0.05, 0.1) is 13.7 Å². The molecule has 0 aliphatic carbocycles. The Balaban J connectivity index is 2.23. The molecule has 8 heteroatoms. The van der Waals surface area contributed by atoms with E-state index in [-0.39, 0.29) is 12.2 Å². The smallest absolute Gasteiger partial charge is 0.411 e. The number of aryl methyl sites for hydroxylation is 1. The van der Waals surface area contributed by atoms with Crippen LogP contribution in [0, 0.1) is 0 Å². The van der Waals surface area contributed by atoms with Crippen LogP contribution in [0.5, 0.6) is 0 Å². The number of hydrogen-bond donors (Lipinski definition) is 2. The van der Waals surface area contributed by atoms with E-state index in [1.807, 2.05) is 6.92 Å². The average molecular weight is 344 g/mol. The quantitative estimate of drug-likeness (QED) is 0.776. The molecule has 0 saturated heterocycles. The molecule has 0 fully saturated rings. The van der Waals surface area contributed by atoms with Crippen molar-refractivity contribution in [1.29, 1.82) is 0 Å². The minimum atomic E-state index is -0.548. The number of nitrogens with zero attached hydrogens (tertiary/aromatic N) is 2. The van der Waals surface area contributed by atoms with E-state index in [1.165, 1.54) is 13.3 Å². The summed E-state index contributed by atoms with van der Waals surface area (Å²) in [5.74, 6) is 0.495. The number of hydrogen-bond acceptors (Lipinski definition) is 7. The third-order valence-corrected chi connectivity index (χ3v) is 3.23. The van der Waals surface area contributed by atoms with E-state index in [0.29, 0.717) is 29.4 Å². The number of ether oxygens (including phenoxy) is 2. The molecule has 2 N–H and O–H groups in total. The number of rotatable bonds is 6. The van der Waals surface area contributed by atoms with Gasteiger partial charge >= 0.3 is 12.1 Å². The first-order valence-electron chi connectivity index (χ1n) is 7.82. The molecule has 25 heavy (non-hydrogen) atoms. The zero-order chi connectivity index (χ0) is 18.2. The van der Waals surface area contributed by atoms with E-state index in [1.54, 1.807) is 31.2 Å². The molecule has 2 rings (SSSR count). The van der Waals surface area contributed by atoms with E-state index in [0.717, 1.165) is 0 Å². The van der Waals surface area contributed by atoms with Gasteiger partial charge in [-0.25, -0.2) is 19.6 Å². The van der Waals surface area contributed by atoms with Crippen LogP contribution in [0.4, 0.5) is 22.0 Å². The molecule has 0 aliphatic heterocycles. The minimum absolute atomic E-state index is 0.260. The van der Waals surface area contributed by atoms with Crippen molar-refractivity contribution in [1.82, 2.24) is 9.97 Å². The number of aromatic nitrogens is 2. The second kappa shape index (κ2) is 8.62. The fourth-order valence-electron chi connectivity index (χ4n) is 1.98. The standard InChI is InChI=1S/C17H20N4O4/c1-4-14-18-10-13(16(22)25-5-2)15(21-14)19-11-6-8-12(9-7-11)20-17(23)24-3/h6-10H,4-5H2,1-3H3,(H,20,23)(H,18,19,21). The number of esters is 1. The number of carbonyl (C=O) groups is 2. The molecule has 1 amide bonds. The van der Waals surface area contributed by atoms with E-state index in [9.17, 15) is 9.59 Å². The molecule has 8 nitrogen and oxygen atoms in total. The highest BCUT2D eigenvalue weighted by molar-refractivity contribution is 5.95. The Labute approximate surface area is 145 Å². The van der Waals surface area contributed by atoms with Crippen LogP contribution < -0.4 is 10.6 Å². The zero-order valence-corrected chi connectivity index (χ0v) is 14.3. The highest BCUT2D eigenvalue weighted by Crippen LogP contribution is 2.21. The highest BCUT2D eigenvalue weighted by Gasteiger charge is 2.16. The van der Waals surface area contributed by atoms with Crippen LogP contribution >= 0.6 is 0 Å². The summed E-state index contributed by atoms with van der Waals surface area (Å²) in [6.45, 7) is 3.93. The first-order valence-corrected chi connectivity index (χ1v) is 7.82. The fraction of sp³-hybridized carbons (Fsp3) is 0.294. The Bertz CT molecular complexity index is 747. The van der Waals surface area contributed by atoms with E-state index >= 15 is 0 Å². The lowest BCUT2D eigenvalue weighted by atomic mass is 10.2. The number of carbonyl (C=O) groups excluding carboxylic acids is 2. The van der Waals surface area contributed by atoms with E-state index < -0.39 is 12.1 Å². The Kier molecular flexibility index (Phi) is 6.27. The lowest BCUT2D eigenvalue weighted by Gasteiger charge is -2.12. The molecule has 1 aromatic heterocycles. The summed E-state index contributed by atoms with van der Waals surface area (Å²) in [6, 6.07) is 6.89. The van der Waals surface area contributed by atoms with E-state index in [4.69, 9.17) is 4.74 Å². The van der Waals surface area contributed by atoms with Gasteiger partial charge in [0.1, 0.15) is 17.2 Å². The molecule has 2 aromatic rings. The van der Waals surface area contributed by atoms with Gasteiger partial charge in [-0.2, -0.15) is 0 Å². The number of benzene rings is 1. The van der Waals surface area contributed by atoms with Crippen LogP contribution in [0.1, 0.15) is 30.0 Å². The van der Waals surface area contributed by atoms with Crippen LogP contribution in [0.25, 0.3) is 0 Å². The molecule has 0 atom stereocenters. The Morgan fingerprint density at radius 2 is 1.80 bits per heavy atom. The van der Waals surface area contributed by atoms with Crippen molar-refractivity contribution in [3.8, 4) is 0 Å². The van der Waals surface area contributed by atoms with Gasteiger partial charge in [-0.05, 0) is 31.2 Å². The van der Waals surface area contributed by atoms with Crippen molar-refractivity contribution < 1.29 is 19.1 Å². The SMILES string of the molecule is CCOC(=O)c1cnc(CC)nc1Nc1ccc(NC(=O)OC)cc1. The second-order valence-electron chi connectivity index (χ2n) is 4.94. The normalized spacial score (nSPS) is 10.0. The predicted molar refractivity (Wildman–Crippen MR) is 93.1 cm³/mol. The van der Waals surface area contributed by atoms with Crippen LogP contribution in [0.15, 0.2) is 30.5 Å². The highest BCUT2D eigenvalue weighted by atomic mass is 16.5. The number of anilines is 3. The Morgan fingerprint density at radius 1 is 1.12 bits per heavy atom. The lowest BCUT2D eigenvalue weighted by Crippen LogP contribution is -2.12. The number of methoxy groups -OCH3 is 1. The van der Waals surface area contributed by atoms with Crippen molar-refractivity contribution in [3.63, 3.8) is 0 Å². The molecular formula is C17H20N4O4. The number of nitrogens with one attached hydrogen (secondary N) is 2.